The molecule has 9 nitrogen and oxygen atoms in total. The molecule has 1 aliphatic heterocycles. The number of anilines is 1. The molecule has 3 rings (SSSR count). The van der Waals surface area contributed by atoms with Gasteiger partial charge < -0.3 is 10.6 Å². The molecule has 1 atom stereocenters. The molecule has 12 heteroatoms. The smallest absolute Gasteiger partial charge is 0.324 e. The highest BCUT2D eigenvalue weighted by Crippen LogP contribution is 2.34. The summed E-state index contributed by atoms with van der Waals surface area (Å²) in [6.07, 6.45) is -4.40. The minimum absolute atomic E-state index is 0.243. The molecule has 2 aromatic rings. The summed E-state index contributed by atoms with van der Waals surface area (Å²) in [6, 6.07) is 12.3. The molecule has 5 amide bonds. The van der Waals surface area contributed by atoms with E-state index in [1.54, 1.807) is 37.3 Å². The number of hydrogen-bond donors (Lipinski definition) is 3. The SMILES string of the molecule is CCC1(c2ccccc2)NC(=O)N(NC(=O)CN(C)CC(=O)Nc2ccccc2C(F)(F)F)C1=O. The van der Waals surface area contributed by atoms with Gasteiger partial charge in [-0.25, -0.2) is 4.79 Å². The number of amides is 5. The minimum atomic E-state index is -4.65. The van der Waals surface area contributed by atoms with E-state index in [4.69, 9.17) is 0 Å². The lowest BCUT2D eigenvalue weighted by atomic mass is 9.87. The first kappa shape index (κ1) is 25.7. The Hall–Kier alpha value is -3.93. The highest BCUT2D eigenvalue weighted by atomic mass is 19.4. The number of nitrogens with zero attached hydrogens (tertiary/aromatic N) is 2. The number of benzene rings is 2. The predicted octanol–water partition coefficient (Wildman–Crippen LogP) is 2.46. The fourth-order valence-electron chi connectivity index (χ4n) is 3.77. The van der Waals surface area contributed by atoms with Gasteiger partial charge in [0.1, 0.15) is 5.54 Å². The van der Waals surface area contributed by atoms with Crippen LogP contribution in [-0.2, 0) is 26.1 Å². The zero-order valence-corrected chi connectivity index (χ0v) is 19.0. The lowest BCUT2D eigenvalue weighted by Crippen LogP contribution is -2.51. The van der Waals surface area contributed by atoms with Crippen molar-refractivity contribution in [1.29, 1.82) is 0 Å². The number of para-hydroxylation sites is 1. The van der Waals surface area contributed by atoms with Crippen LogP contribution in [0.4, 0.5) is 23.7 Å². The summed E-state index contributed by atoms with van der Waals surface area (Å²) in [5.74, 6) is -2.20. The van der Waals surface area contributed by atoms with E-state index in [2.05, 4.69) is 16.1 Å². The Morgan fingerprint density at radius 2 is 1.60 bits per heavy atom. The molecule has 1 aliphatic rings. The molecule has 0 spiro atoms. The van der Waals surface area contributed by atoms with Gasteiger partial charge in [0.2, 0.25) is 5.91 Å². The first-order valence-electron chi connectivity index (χ1n) is 10.6. The lowest BCUT2D eigenvalue weighted by molar-refractivity contribution is -0.140. The third-order valence-electron chi connectivity index (χ3n) is 5.46. The van der Waals surface area contributed by atoms with Crippen LogP contribution < -0.4 is 16.1 Å². The predicted molar refractivity (Wildman–Crippen MR) is 120 cm³/mol. The Morgan fingerprint density at radius 1 is 1.00 bits per heavy atom. The average Bonchev–Trinajstić information content (AvgIpc) is 3.04. The van der Waals surface area contributed by atoms with E-state index in [0.717, 1.165) is 12.1 Å². The number of rotatable bonds is 8. The molecule has 1 saturated heterocycles. The van der Waals surface area contributed by atoms with Gasteiger partial charge in [-0.1, -0.05) is 49.4 Å². The number of halogens is 3. The molecule has 1 unspecified atom stereocenters. The van der Waals surface area contributed by atoms with Crippen LogP contribution in [0.25, 0.3) is 0 Å². The van der Waals surface area contributed by atoms with Crippen molar-refractivity contribution < 1.29 is 32.3 Å². The first-order valence-corrected chi connectivity index (χ1v) is 10.6. The van der Waals surface area contributed by atoms with Crippen molar-refractivity contribution >= 4 is 29.4 Å². The van der Waals surface area contributed by atoms with E-state index >= 15 is 0 Å². The molecular formula is C23H24F3N5O4. The minimum Gasteiger partial charge on any atom is -0.324 e. The maximum Gasteiger partial charge on any atom is 0.418 e. The van der Waals surface area contributed by atoms with Crippen molar-refractivity contribution in [1.82, 2.24) is 20.7 Å². The highest BCUT2D eigenvalue weighted by Gasteiger charge is 2.52. The Bertz CT molecular complexity index is 1130. The number of hydrazine groups is 1. The highest BCUT2D eigenvalue weighted by molar-refractivity contribution is 6.08. The fraction of sp³-hybridized carbons (Fsp3) is 0.304. The van der Waals surface area contributed by atoms with Crippen molar-refractivity contribution in [3.05, 3.63) is 65.7 Å². The van der Waals surface area contributed by atoms with Crippen molar-refractivity contribution in [3.8, 4) is 0 Å². The van der Waals surface area contributed by atoms with Gasteiger partial charge in [-0.2, -0.15) is 18.2 Å². The lowest BCUT2D eigenvalue weighted by Gasteiger charge is -2.25. The molecule has 0 aliphatic carbocycles. The van der Waals surface area contributed by atoms with E-state index in [0.29, 0.717) is 10.6 Å². The number of hydrogen-bond acceptors (Lipinski definition) is 5. The fourth-order valence-corrected chi connectivity index (χ4v) is 3.77. The van der Waals surface area contributed by atoms with E-state index in [1.165, 1.54) is 24.1 Å². The van der Waals surface area contributed by atoms with Crippen LogP contribution in [0.15, 0.2) is 54.6 Å². The van der Waals surface area contributed by atoms with Crippen LogP contribution in [0.2, 0.25) is 0 Å². The largest absolute Gasteiger partial charge is 0.418 e. The van der Waals surface area contributed by atoms with Crippen molar-refractivity contribution in [3.63, 3.8) is 0 Å². The summed E-state index contributed by atoms with van der Waals surface area (Å²) >= 11 is 0. The second kappa shape index (κ2) is 10.1. The number of urea groups is 1. The molecule has 0 bridgehead atoms. The third-order valence-corrected chi connectivity index (χ3v) is 5.46. The standard InChI is InChI=1S/C23H24F3N5O4/c1-3-22(15-9-5-4-6-10-15)20(34)31(21(35)28-22)29-19(33)14-30(2)13-18(32)27-17-12-8-7-11-16(17)23(24,25)26/h4-12H,3,13-14H2,1-2H3,(H,27,32)(H,28,35)(H,29,33). The number of alkyl halides is 3. The van der Waals surface area contributed by atoms with Crippen molar-refractivity contribution in [2.75, 3.05) is 25.5 Å². The van der Waals surface area contributed by atoms with Gasteiger partial charge >= 0.3 is 12.2 Å². The molecule has 35 heavy (non-hydrogen) atoms. The molecule has 1 heterocycles. The van der Waals surface area contributed by atoms with Gasteiger partial charge in [-0.05, 0) is 31.2 Å². The number of nitrogens with one attached hydrogen (secondary N) is 3. The Morgan fingerprint density at radius 3 is 2.23 bits per heavy atom. The maximum atomic E-state index is 13.1. The molecule has 0 aromatic heterocycles. The normalized spacial score (nSPS) is 17.9. The Kier molecular flexibility index (Phi) is 7.44. The second-order valence-corrected chi connectivity index (χ2v) is 7.99. The number of likely N-dealkylation sites (N-methyl/N-ethyl adjacent to an activating group) is 1. The topological polar surface area (TPSA) is 111 Å². The van der Waals surface area contributed by atoms with Crippen LogP contribution in [-0.4, -0.2) is 53.8 Å². The summed E-state index contributed by atoms with van der Waals surface area (Å²) in [5.41, 5.74) is 0.0624. The maximum absolute atomic E-state index is 13.1. The van der Waals surface area contributed by atoms with Crippen LogP contribution in [0.3, 0.4) is 0 Å². The molecule has 0 radical (unpaired) electrons. The Balaban J connectivity index is 1.59. The quantitative estimate of drug-likeness (QED) is 0.492. The first-order chi connectivity index (χ1) is 16.5. The van der Waals surface area contributed by atoms with E-state index in [1.807, 2.05) is 0 Å². The Labute approximate surface area is 199 Å². The van der Waals surface area contributed by atoms with Gasteiger partial charge in [-0.15, -0.1) is 0 Å². The van der Waals surface area contributed by atoms with E-state index in [-0.39, 0.29) is 6.42 Å². The van der Waals surface area contributed by atoms with Gasteiger partial charge in [-0.3, -0.25) is 24.7 Å². The molecule has 1 fully saturated rings. The van der Waals surface area contributed by atoms with Gasteiger partial charge in [0.05, 0.1) is 24.3 Å². The monoisotopic (exact) mass is 491 g/mol. The van der Waals surface area contributed by atoms with Crippen LogP contribution in [0, 0.1) is 0 Å². The van der Waals surface area contributed by atoms with E-state index in [9.17, 15) is 32.3 Å². The molecule has 2 aromatic carbocycles. The van der Waals surface area contributed by atoms with Crippen LogP contribution in [0.5, 0.6) is 0 Å². The molecule has 3 N–H and O–H groups in total. The van der Waals surface area contributed by atoms with Crippen molar-refractivity contribution in [2.24, 2.45) is 0 Å². The summed E-state index contributed by atoms with van der Waals surface area (Å²) in [6.45, 7) is 0.901. The molecule has 0 saturated carbocycles. The van der Waals surface area contributed by atoms with Gasteiger partial charge in [0, 0.05) is 0 Å². The molecular weight excluding hydrogens is 467 g/mol. The number of imide groups is 1. The average molecular weight is 491 g/mol. The number of carbonyl (C=O) groups excluding carboxylic acids is 4. The zero-order valence-electron chi connectivity index (χ0n) is 19.0. The summed E-state index contributed by atoms with van der Waals surface area (Å²) in [4.78, 5) is 51.4. The number of carbonyl (C=O) groups is 4. The van der Waals surface area contributed by atoms with E-state index < -0.39 is 59.8 Å². The summed E-state index contributed by atoms with van der Waals surface area (Å²) < 4.78 is 39.3. The van der Waals surface area contributed by atoms with Gasteiger partial charge in [0.15, 0.2) is 0 Å². The van der Waals surface area contributed by atoms with Crippen LogP contribution >= 0.6 is 0 Å². The summed E-state index contributed by atoms with van der Waals surface area (Å²) in [5, 5.41) is 5.40. The van der Waals surface area contributed by atoms with Gasteiger partial charge in [0.25, 0.3) is 11.8 Å². The third kappa shape index (κ3) is 5.60. The molecule has 186 valence electrons. The second-order valence-electron chi connectivity index (χ2n) is 7.99. The zero-order chi connectivity index (χ0) is 25.8. The van der Waals surface area contributed by atoms with Crippen LogP contribution in [0.1, 0.15) is 24.5 Å². The van der Waals surface area contributed by atoms with Crippen molar-refractivity contribution in [2.45, 2.75) is 25.1 Å². The summed E-state index contributed by atoms with van der Waals surface area (Å²) in [7, 11) is 1.39.